The summed E-state index contributed by atoms with van der Waals surface area (Å²) in [5.41, 5.74) is -0.477. The smallest absolute Gasteiger partial charge is 0.339 e. The lowest BCUT2D eigenvalue weighted by Crippen LogP contribution is -2.25. The second-order valence-electron chi connectivity index (χ2n) is 6.49. The van der Waals surface area contributed by atoms with Gasteiger partial charge in [0.1, 0.15) is 11.2 Å². The molecule has 0 aliphatic carbocycles. The van der Waals surface area contributed by atoms with Crippen LogP contribution in [0.25, 0.3) is 0 Å². The van der Waals surface area contributed by atoms with Crippen LogP contribution in [0.4, 0.5) is 0 Å². The van der Waals surface area contributed by atoms with E-state index in [-0.39, 0.29) is 5.56 Å². The first-order valence-corrected chi connectivity index (χ1v) is 6.46. The van der Waals surface area contributed by atoms with E-state index in [1.165, 1.54) is 18.2 Å². The Morgan fingerprint density at radius 1 is 0.900 bits per heavy atom. The van der Waals surface area contributed by atoms with Crippen molar-refractivity contribution in [1.29, 1.82) is 0 Å². The third kappa shape index (κ3) is 5.43. The molecule has 1 rings (SSSR count). The molecule has 109 valence electrons. The van der Waals surface area contributed by atoms with Gasteiger partial charge in [-0.15, -0.1) is 0 Å². The van der Waals surface area contributed by atoms with Gasteiger partial charge in [-0.05, 0) is 65.8 Å². The fourth-order valence-corrected chi connectivity index (χ4v) is 1.35. The van der Waals surface area contributed by atoms with Gasteiger partial charge in [0.2, 0.25) is 0 Å². The van der Waals surface area contributed by atoms with Crippen molar-refractivity contribution >= 4 is 11.9 Å². The molecule has 0 atom stereocenters. The predicted molar refractivity (Wildman–Crippen MR) is 75.6 cm³/mol. The van der Waals surface area contributed by atoms with Crippen LogP contribution >= 0.6 is 0 Å². The fourth-order valence-electron chi connectivity index (χ4n) is 1.35. The van der Waals surface area contributed by atoms with Crippen molar-refractivity contribution in [3.8, 4) is 0 Å². The first-order chi connectivity index (χ1) is 8.98. The van der Waals surface area contributed by atoms with Gasteiger partial charge in [-0.25, -0.2) is 9.59 Å². The maximum absolute atomic E-state index is 11.8. The highest BCUT2D eigenvalue weighted by Gasteiger charge is 2.20. The van der Waals surface area contributed by atoms with E-state index in [1.54, 1.807) is 41.5 Å². The normalized spacial score (nSPS) is 11.9. The highest BCUT2D eigenvalue weighted by molar-refractivity contribution is 5.93. The summed E-state index contributed by atoms with van der Waals surface area (Å²) in [6, 6.07) is 7.23. The Hall–Kier alpha value is -1.84. The Morgan fingerprint density at radius 3 is 1.80 bits per heavy atom. The zero-order valence-corrected chi connectivity index (χ0v) is 12.9. The van der Waals surface area contributed by atoms with Gasteiger partial charge in [0.05, 0.1) is 11.1 Å². The van der Waals surface area contributed by atoms with Crippen LogP contribution < -0.4 is 0 Å². The molecule has 0 amide bonds. The molecule has 0 unspecified atom stereocenters. The number of ether oxygens (including phenoxy) is 2. The Kier molecular flexibility index (Phi) is 4.58. The Balaban J connectivity index is 2.79. The summed E-state index contributed by atoms with van der Waals surface area (Å²) in [5, 5.41) is 0. The van der Waals surface area contributed by atoms with Gasteiger partial charge < -0.3 is 9.47 Å². The number of carbonyl (C=O) groups excluding carboxylic acids is 2. The van der Waals surface area contributed by atoms with Crippen LogP contribution in [0, 0.1) is 6.07 Å². The number of benzene rings is 1. The van der Waals surface area contributed by atoms with E-state index >= 15 is 0 Å². The summed E-state index contributed by atoms with van der Waals surface area (Å²) in [6.45, 7) is 10.8. The fraction of sp³-hybridized carbons (Fsp3) is 0.500. The lowest BCUT2D eigenvalue weighted by molar-refractivity contribution is 0.00515. The molecule has 0 aromatic heterocycles. The van der Waals surface area contributed by atoms with Gasteiger partial charge in [-0.2, -0.15) is 0 Å². The maximum atomic E-state index is 11.8. The number of rotatable bonds is 2. The molecule has 1 aromatic rings. The van der Waals surface area contributed by atoms with Crippen LogP contribution in [0.1, 0.15) is 62.3 Å². The van der Waals surface area contributed by atoms with Gasteiger partial charge in [0.15, 0.2) is 0 Å². The van der Waals surface area contributed by atoms with E-state index in [0.717, 1.165) is 0 Å². The van der Waals surface area contributed by atoms with Gasteiger partial charge in [0.25, 0.3) is 0 Å². The predicted octanol–water partition coefficient (Wildman–Crippen LogP) is 3.40. The molecule has 0 N–H and O–H groups in total. The summed E-state index contributed by atoms with van der Waals surface area (Å²) >= 11 is 0. The first-order valence-electron chi connectivity index (χ1n) is 6.46. The molecule has 0 spiro atoms. The number of hydrogen-bond donors (Lipinski definition) is 0. The van der Waals surface area contributed by atoms with Crippen molar-refractivity contribution in [1.82, 2.24) is 0 Å². The van der Waals surface area contributed by atoms with Crippen molar-refractivity contribution in [2.24, 2.45) is 0 Å². The van der Waals surface area contributed by atoms with Gasteiger partial charge in [-0.1, -0.05) is 0 Å². The molecule has 1 aromatic carbocycles. The molecule has 0 saturated carbocycles. The van der Waals surface area contributed by atoms with Crippen LogP contribution in [0.5, 0.6) is 0 Å². The van der Waals surface area contributed by atoms with Crippen molar-refractivity contribution in [3.63, 3.8) is 0 Å². The number of hydrogen-bond acceptors (Lipinski definition) is 4. The summed E-state index contributed by atoms with van der Waals surface area (Å²) in [4.78, 5) is 23.6. The van der Waals surface area contributed by atoms with E-state index < -0.39 is 23.1 Å². The highest BCUT2D eigenvalue weighted by Crippen LogP contribution is 2.15. The third-order valence-corrected chi connectivity index (χ3v) is 2.07. The molecule has 0 aliphatic rings. The summed E-state index contributed by atoms with van der Waals surface area (Å²) in [7, 11) is 0. The van der Waals surface area contributed by atoms with Crippen molar-refractivity contribution in [2.75, 3.05) is 0 Å². The lowest BCUT2D eigenvalue weighted by atomic mass is 10.1. The first kappa shape index (κ1) is 16.2. The quantitative estimate of drug-likeness (QED) is 0.777. The molecule has 4 nitrogen and oxygen atoms in total. The van der Waals surface area contributed by atoms with E-state index in [2.05, 4.69) is 6.07 Å². The second kappa shape index (κ2) is 5.65. The molecule has 0 aliphatic heterocycles. The molecule has 4 heteroatoms. The van der Waals surface area contributed by atoms with Crippen molar-refractivity contribution in [2.45, 2.75) is 52.7 Å². The van der Waals surface area contributed by atoms with Crippen molar-refractivity contribution < 1.29 is 19.1 Å². The van der Waals surface area contributed by atoms with Crippen LogP contribution in [0.3, 0.4) is 0 Å². The van der Waals surface area contributed by atoms with Crippen LogP contribution in [-0.2, 0) is 9.47 Å². The topological polar surface area (TPSA) is 52.6 Å². The minimum absolute atomic E-state index is 0.284. The zero-order valence-electron chi connectivity index (χ0n) is 12.9. The van der Waals surface area contributed by atoms with E-state index in [1.807, 2.05) is 0 Å². The van der Waals surface area contributed by atoms with Crippen LogP contribution in [-0.4, -0.2) is 23.1 Å². The SMILES string of the molecule is CC(C)(C)OC(=O)c1[c]cc(C(=O)OC(C)(C)C)cc1. The lowest BCUT2D eigenvalue weighted by Gasteiger charge is -2.20. The van der Waals surface area contributed by atoms with Crippen LogP contribution in [0.2, 0.25) is 0 Å². The van der Waals surface area contributed by atoms with E-state index in [9.17, 15) is 9.59 Å². The molecular formula is C16H21O4. The molecule has 0 saturated heterocycles. The molecule has 20 heavy (non-hydrogen) atoms. The van der Waals surface area contributed by atoms with Gasteiger partial charge in [0, 0.05) is 0 Å². The molecule has 0 bridgehead atoms. The summed E-state index contributed by atoms with van der Waals surface area (Å²) in [6.07, 6.45) is 0. The second-order valence-corrected chi connectivity index (χ2v) is 6.49. The minimum atomic E-state index is -0.561. The summed E-state index contributed by atoms with van der Waals surface area (Å²) < 4.78 is 10.4. The molecule has 0 fully saturated rings. The van der Waals surface area contributed by atoms with Gasteiger partial charge >= 0.3 is 11.9 Å². The monoisotopic (exact) mass is 277 g/mol. The molecule has 0 heterocycles. The largest absolute Gasteiger partial charge is 0.456 e. The Morgan fingerprint density at radius 2 is 1.40 bits per heavy atom. The summed E-state index contributed by atoms with van der Waals surface area (Å²) in [5.74, 6) is -0.905. The number of carbonyl (C=O) groups is 2. The van der Waals surface area contributed by atoms with E-state index in [0.29, 0.717) is 5.56 Å². The van der Waals surface area contributed by atoms with E-state index in [4.69, 9.17) is 9.47 Å². The standard InChI is InChI=1S/C16H21O4/c1-15(2,3)19-13(17)11-7-9-12(10-8-11)14(18)20-16(4,5)6/h7-9H,1-6H3. The third-order valence-electron chi connectivity index (χ3n) is 2.07. The van der Waals surface area contributed by atoms with Gasteiger partial charge in [-0.3, -0.25) is 0 Å². The maximum Gasteiger partial charge on any atom is 0.339 e. The van der Waals surface area contributed by atoms with Crippen LogP contribution in [0.15, 0.2) is 18.2 Å². The molecule has 1 radical (unpaired) electrons. The highest BCUT2D eigenvalue weighted by atomic mass is 16.6. The van der Waals surface area contributed by atoms with Crippen molar-refractivity contribution in [3.05, 3.63) is 35.4 Å². The zero-order chi connectivity index (χ0) is 15.6. The average Bonchev–Trinajstić information content (AvgIpc) is 2.24. The average molecular weight is 277 g/mol. The Labute approximate surface area is 120 Å². The number of esters is 2. The minimum Gasteiger partial charge on any atom is -0.456 e. The Bertz CT molecular complexity index is 440. The molecular weight excluding hydrogens is 256 g/mol.